The first-order valence-corrected chi connectivity index (χ1v) is 9.86. The molecule has 0 bridgehead atoms. The largest absolute Gasteiger partial charge is 0.480 e. The average molecular weight is 400 g/mol. The molecule has 0 aliphatic rings. The standard InChI is InChI=1S/C22H33N5O2/c1-21(2,3)26-18-11-7-9-15(24-18)13-17(23-14-20(28)29)16-10-8-12-19(25-16)27-22(4,5)6/h7-12,17,23H,13-14H2,1-6H3,(H,24,26)(H,25,27)(H,28,29). The highest BCUT2D eigenvalue weighted by Crippen LogP contribution is 2.21. The van der Waals surface area contributed by atoms with Crippen LogP contribution < -0.4 is 16.0 Å². The predicted molar refractivity (Wildman–Crippen MR) is 117 cm³/mol. The molecule has 158 valence electrons. The fourth-order valence-electron chi connectivity index (χ4n) is 2.85. The SMILES string of the molecule is CC(C)(C)Nc1cccc(CC(NCC(=O)O)c2cccc(NC(C)(C)C)n2)n1. The Labute approximate surface area is 173 Å². The van der Waals surface area contributed by atoms with E-state index in [0.29, 0.717) is 6.42 Å². The molecule has 1 atom stereocenters. The number of carbonyl (C=O) groups is 1. The molecule has 2 aromatic heterocycles. The summed E-state index contributed by atoms with van der Waals surface area (Å²) in [5, 5.41) is 19.0. The fourth-order valence-corrected chi connectivity index (χ4v) is 2.85. The molecule has 0 aliphatic heterocycles. The van der Waals surface area contributed by atoms with Crippen LogP contribution in [0.3, 0.4) is 0 Å². The Bertz CT molecular complexity index is 824. The number of aromatic nitrogens is 2. The minimum absolute atomic E-state index is 0.0961. The first-order chi connectivity index (χ1) is 13.4. The molecular weight excluding hydrogens is 366 g/mol. The molecule has 0 aliphatic carbocycles. The first kappa shape index (κ1) is 22.6. The summed E-state index contributed by atoms with van der Waals surface area (Å²) < 4.78 is 0. The van der Waals surface area contributed by atoms with Crippen LogP contribution in [0, 0.1) is 0 Å². The van der Waals surface area contributed by atoms with Gasteiger partial charge < -0.3 is 15.7 Å². The third-order valence-electron chi connectivity index (χ3n) is 3.85. The van der Waals surface area contributed by atoms with Crippen molar-refractivity contribution in [3.63, 3.8) is 0 Å². The van der Waals surface area contributed by atoms with E-state index in [-0.39, 0.29) is 23.7 Å². The van der Waals surface area contributed by atoms with Crippen LogP contribution in [-0.4, -0.2) is 38.7 Å². The Morgan fingerprint density at radius 2 is 1.48 bits per heavy atom. The molecule has 0 saturated heterocycles. The lowest BCUT2D eigenvalue weighted by Crippen LogP contribution is -2.31. The lowest BCUT2D eigenvalue weighted by atomic mass is 10.1. The van der Waals surface area contributed by atoms with Crippen molar-refractivity contribution in [2.75, 3.05) is 17.2 Å². The summed E-state index contributed by atoms with van der Waals surface area (Å²) in [5.74, 6) is 0.645. The second-order valence-corrected chi connectivity index (χ2v) is 9.24. The van der Waals surface area contributed by atoms with Gasteiger partial charge in [0.2, 0.25) is 0 Å². The third-order valence-corrected chi connectivity index (χ3v) is 3.85. The van der Waals surface area contributed by atoms with Crippen LogP contribution in [-0.2, 0) is 11.2 Å². The normalized spacial score (nSPS) is 13.0. The summed E-state index contributed by atoms with van der Waals surface area (Å²) >= 11 is 0. The van der Waals surface area contributed by atoms with Gasteiger partial charge in [0.1, 0.15) is 11.6 Å². The van der Waals surface area contributed by atoms with E-state index >= 15 is 0 Å². The summed E-state index contributed by atoms with van der Waals surface area (Å²) in [6, 6.07) is 11.3. The summed E-state index contributed by atoms with van der Waals surface area (Å²) in [7, 11) is 0. The van der Waals surface area contributed by atoms with E-state index in [4.69, 9.17) is 15.1 Å². The first-order valence-electron chi connectivity index (χ1n) is 9.86. The maximum Gasteiger partial charge on any atom is 0.317 e. The second-order valence-electron chi connectivity index (χ2n) is 9.24. The summed E-state index contributed by atoms with van der Waals surface area (Å²) in [6.07, 6.45) is 0.527. The van der Waals surface area contributed by atoms with E-state index in [9.17, 15) is 4.79 Å². The molecule has 0 amide bonds. The Morgan fingerprint density at radius 3 is 2.03 bits per heavy atom. The van der Waals surface area contributed by atoms with Gasteiger partial charge >= 0.3 is 5.97 Å². The van der Waals surface area contributed by atoms with E-state index in [1.807, 2.05) is 36.4 Å². The van der Waals surface area contributed by atoms with Gasteiger partial charge in [0.25, 0.3) is 0 Å². The molecule has 1 unspecified atom stereocenters. The molecule has 2 aromatic rings. The smallest absolute Gasteiger partial charge is 0.317 e. The van der Waals surface area contributed by atoms with Crippen molar-refractivity contribution < 1.29 is 9.90 Å². The van der Waals surface area contributed by atoms with Crippen molar-refractivity contribution in [3.8, 4) is 0 Å². The van der Waals surface area contributed by atoms with Crippen molar-refractivity contribution in [1.29, 1.82) is 0 Å². The number of rotatable bonds is 8. The van der Waals surface area contributed by atoms with Crippen molar-refractivity contribution in [2.45, 2.75) is 65.1 Å². The van der Waals surface area contributed by atoms with Gasteiger partial charge in [-0.15, -0.1) is 0 Å². The van der Waals surface area contributed by atoms with Gasteiger partial charge in [0, 0.05) is 23.2 Å². The lowest BCUT2D eigenvalue weighted by Gasteiger charge is -2.24. The number of hydrogen-bond donors (Lipinski definition) is 4. The topological polar surface area (TPSA) is 99.2 Å². The van der Waals surface area contributed by atoms with Crippen LogP contribution >= 0.6 is 0 Å². The van der Waals surface area contributed by atoms with E-state index in [1.165, 1.54) is 0 Å². The molecular formula is C22H33N5O2. The van der Waals surface area contributed by atoms with Gasteiger partial charge in [-0.2, -0.15) is 0 Å². The van der Waals surface area contributed by atoms with Crippen LogP contribution in [0.2, 0.25) is 0 Å². The van der Waals surface area contributed by atoms with Gasteiger partial charge in [-0.05, 0) is 65.8 Å². The fraction of sp³-hybridized carbons (Fsp3) is 0.500. The van der Waals surface area contributed by atoms with Crippen molar-refractivity contribution >= 4 is 17.6 Å². The highest BCUT2D eigenvalue weighted by molar-refractivity contribution is 5.69. The zero-order valence-corrected chi connectivity index (χ0v) is 18.2. The third kappa shape index (κ3) is 8.48. The lowest BCUT2D eigenvalue weighted by molar-refractivity contribution is -0.136. The Balaban J connectivity index is 2.26. The van der Waals surface area contributed by atoms with E-state index in [1.54, 1.807) is 0 Å². The number of nitrogens with zero attached hydrogens (tertiary/aromatic N) is 2. The molecule has 2 heterocycles. The number of aliphatic carboxylic acids is 1. The average Bonchev–Trinajstić information content (AvgIpc) is 2.56. The van der Waals surface area contributed by atoms with Gasteiger partial charge in [0.15, 0.2) is 0 Å². The minimum Gasteiger partial charge on any atom is -0.480 e. The van der Waals surface area contributed by atoms with Gasteiger partial charge in [-0.1, -0.05) is 12.1 Å². The Morgan fingerprint density at radius 1 is 0.931 bits per heavy atom. The zero-order chi connectivity index (χ0) is 21.7. The summed E-state index contributed by atoms with van der Waals surface area (Å²) in [6.45, 7) is 12.3. The highest BCUT2D eigenvalue weighted by atomic mass is 16.4. The monoisotopic (exact) mass is 399 g/mol. The van der Waals surface area contributed by atoms with Crippen molar-refractivity contribution in [3.05, 3.63) is 47.8 Å². The van der Waals surface area contributed by atoms with Gasteiger partial charge in [0.05, 0.1) is 18.3 Å². The van der Waals surface area contributed by atoms with E-state index in [0.717, 1.165) is 23.0 Å². The molecule has 0 radical (unpaired) electrons. The molecule has 0 spiro atoms. The van der Waals surface area contributed by atoms with Crippen LogP contribution in [0.25, 0.3) is 0 Å². The Kier molecular flexibility index (Phi) is 7.19. The molecule has 4 N–H and O–H groups in total. The molecule has 0 fully saturated rings. The van der Waals surface area contributed by atoms with E-state index in [2.05, 4.69) is 57.5 Å². The molecule has 7 heteroatoms. The number of hydrogen-bond acceptors (Lipinski definition) is 6. The van der Waals surface area contributed by atoms with Crippen molar-refractivity contribution in [2.24, 2.45) is 0 Å². The predicted octanol–water partition coefficient (Wildman–Crippen LogP) is 3.86. The Hall–Kier alpha value is -2.67. The second kappa shape index (κ2) is 9.22. The summed E-state index contributed by atoms with van der Waals surface area (Å²) in [4.78, 5) is 20.5. The molecule has 2 rings (SSSR count). The van der Waals surface area contributed by atoms with Crippen LogP contribution in [0.5, 0.6) is 0 Å². The molecule has 0 aromatic carbocycles. The summed E-state index contributed by atoms with van der Waals surface area (Å²) in [5.41, 5.74) is 1.42. The number of nitrogens with one attached hydrogen (secondary N) is 3. The van der Waals surface area contributed by atoms with Crippen LogP contribution in [0.1, 0.15) is 59.0 Å². The maximum atomic E-state index is 11.1. The zero-order valence-electron chi connectivity index (χ0n) is 18.2. The quantitative estimate of drug-likeness (QED) is 0.535. The number of carboxylic acid groups (broad SMARTS) is 1. The highest BCUT2D eigenvalue weighted by Gasteiger charge is 2.18. The van der Waals surface area contributed by atoms with E-state index < -0.39 is 5.97 Å². The van der Waals surface area contributed by atoms with Crippen molar-refractivity contribution in [1.82, 2.24) is 15.3 Å². The molecule has 7 nitrogen and oxygen atoms in total. The van der Waals surface area contributed by atoms with Crippen LogP contribution in [0.4, 0.5) is 11.6 Å². The molecule has 0 saturated carbocycles. The van der Waals surface area contributed by atoms with Crippen LogP contribution in [0.15, 0.2) is 36.4 Å². The van der Waals surface area contributed by atoms with Gasteiger partial charge in [-0.3, -0.25) is 10.1 Å². The number of pyridine rings is 2. The van der Waals surface area contributed by atoms with Gasteiger partial charge in [-0.25, -0.2) is 9.97 Å². The number of carboxylic acids is 1. The molecule has 29 heavy (non-hydrogen) atoms. The maximum absolute atomic E-state index is 11.1. The minimum atomic E-state index is -0.907. The number of anilines is 2.